The number of nitrogens with zero attached hydrogens (tertiary/aromatic N) is 3. The van der Waals surface area contributed by atoms with E-state index in [1.807, 2.05) is 18.2 Å². The first-order valence-corrected chi connectivity index (χ1v) is 9.56. The summed E-state index contributed by atoms with van der Waals surface area (Å²) in [5.74, 6) is -0.904. The van der Waals surface area contributed by atoms with Gasteiger partial charge >= 0.3 is 5.97 Å². The number of amides is 1. The fraction of sp³-hybridized carbons (Fsp3) is 0.294. The second-order valence-corrected chi connectivity index (χ2v) is 7.85. The van der Waals surface area contributed by atoms with Crippen LogP contribution in [0.15, 0.2) is 41.4 Å². The molecule has 7 nitrogen and oxygen atoms in total. The first kappa shape index (κ1) is 18.5. The van der Waals surface area contributed by atoms with Crippen molar-refractivity contribution in [2.24, 2.45) is 0 Å². The highest BCUT2D eigenvalue weighted by Gasteiger charge is 2.25. The van der Waals surface area contributed by atoms with Gasteiger partial charge in [0.25, 0.3) is 5.91 Å². The summed E-state index contributed by atoms with van der Waals surface area (Å²) in [4.78, 5) is 33.3. The zero-order valence-corrected chi connectivity index (χ0v) is 16.6. The molecule has 3 rings (SSSR count). The molecule has 2 aromatic heterocycles. The van der Waals surface area contributed by atoms with Gasteiger partial charge in [-0.15, -0.1) is 11.3 Å². The lowest BCUT2D eigenvalue weighted by molar-refractivity contribution is -0.150. The SMILES string of the molecule is CC(C)OC(=O)[C@@H](Cn1ccnc1)NC(=O)c1nc2ccc(Br)cc2s1. The van der Waals surface area contributed by atoms with Crippen LogP contribution in [-0.4, -0.2) is 38.6 Å². The molecule has 0 spiro atoms. The number of esters is 1. The van der Waals surface area contributed by atoms with Crippen molar-refractivity contribution < 1.29 is 14.3 Å². The Morgan fingerprint density at radius 1 is 1.38 bits per heavy atom. The van der Waals surface area contributed by atoms with Crippen molar-refractivity contribution in [3.8, 4) is 0 Å². The molecule has 0 radical (unpaired) electrons. The zero-order chi connectivity index (χ0) is 18.7. The molecule has 0 aliphatic rings. The molecule has 0 saturated carbocycles. The third kappa shape index (κ3) is 4.47. The van der Waals surface area contributed by atoms with Gasteiger partial charge in [0.2, 0.25) is 0 Å². The van der Waals surface area contributed by atoms with Crippen molar-refractivity contribution in [2.45, 2.75) is 32.5 Å². The molecule has 0 fully saturated rings. The average Bonchev–Trinajstić information content (AvgIpc) is 3.22. The van der Waals surface area contributed by atoms with E-state index in [2.05, 4.69) is 31.2 Å². The van der Waals surface area contributed by atoms with E-state index in [-0.39, 0.29) is 12.6 Å². The largest absolute Gasteiger partial charge is 0.461 e. The highest BCUT2D eigenvalue weighted by molar-refractivity contribution is 9.10. The smallest absolute Gasteiger partial charge is 0.330 e. The number of hydrogen-bond acceptors (Lipinski definition) is 6. The molecular weight excluding hydrogens is 420 g/mol. The molecule has 9 heteroatoms. The quantitative estimate of drug-likeness (QED) is 0.600. The van der Waals surface area contributed by atoms with E-state index in [1.54, 1.807) is 37.1 Å². The first-order chi connectivity index (χ1) is 12.4. The summed E-state index contributed by atoms with van der Waals surface area (Å²) in [6.45, 7) is 3.76. The van der Waals surface area contributed by atoms with E-state index in [9.17, 15) is 9.59 Å². The predicted molar refractivity (Wildman–Crippen MR) is 102 cm³/mol. The molecule has 1 amide bonds. The summed E-state index contributed by atoms with van der Waals surface area (Å²) in [6, 6.07) is 4.77. The highest BCUT2D eigenvalue weighted by Crippen LogP contribution is 2.25. The topological polar surface area (TPSA) is 86.1 Å². The van der Waals surface area contributed by atoms with Gasteiger partial charge in [0.05, 0.1) is 29.2 Å². The normalized spacial score (nSPS) is 12.3. The molecule has 0 aliphatic heterocycles. The molecule has 0 bridgehead atoms. The molecule has 1 atom stereocenters. The minimum Gasteiger partial charge on any atom is -0.461 e. The van der Waals surface area contributed by atoms with Crippen molar-refractivity contribution in [3.05, 3.63) is 46.4 Å². The van der Waals surface area contributed by atoms with Crippen LogP contribution in [0.2, 0.25) is 0 Å². The summed E-state index contributed by atoms with van der Waals surface area (Å²) >= 11 is 4.67. The van der Waals surface area contributed by atoms with E-state index < -0.39 is 17.9 Å². The van der Waals surface area contributed by atoms with E-state index >= 15 is 0 Å². The fourth-order valence-electron chi connectivity index (χ4n) is 2.31. The molecule has 1 N–H and O–H groups in total. The molecule has 2 heterocycles. The Morgan fingerprint density at radius 2 is 2.19 bits per heavy atom. The van der Waals surface area contributed by atoms with Crippen LogP contribution in [0.1, 0.15) is 23.6 Å². The Balaban J connectivity index is 1.79. The van der Waals surface area contributed by atoms with Gasteiger partial charge in [-0.3, -0.25) is 4.79 Å². The van der Waals surface area contributed by atoms with Gasteiger partial charge in [0, 0.05) is 16.9 Å². The summed E-state index contributed by atoms with van der Waals surface area (Å²) in [5.41, 5.74) is 0.735. The number of hydrogen-bond donors (Lipinski definition) is 1. The van der Waals surface area contributed by atoms with Crippen molar-refractivity contribution in [3.63, 3.8) is 0 Å². The van der Waals surface area contributed by atoms with E-state index in [0.29, 0.717) is 5.01 Å². The Bertz CT molecular complexity index is 923. The number of ether oxygens (including phenoxy) is 1. The number of carbonyl (C=O) groups excluding carboxylic acids is 2. The van der Waals surface area contributed by atoms with Gasteiger partial charge < -0.3 is 14.6 Å². The number of thiazole rings is 1. The maximum Gasteiger partial charge on any atom is 0.330 e. The number of carbonyl (C=O) groups is 2. The lowest BCUT2D eigenvalue weighted by Gasteiger charge is -2.19. The Hall–Kier alpha value is -2.26. The number of halogens is 1. The number of imidazole rings is 1. The van der Waals surface area contributed by atoms with Crippen molar-refractivity contribution in [1.82, 2.24) is 19.9 Å². The standard InChI is InChI=1S/C17H17BrN4O3S/c1-10(2)25-17(24)13(8-22-6-5-19-9-22)20-15(23)16-21-12-4-3-11(18)7-14(12)26-16/h3-7,9-10,13H,8H2,1-2H3,(H,20,23)/t13-/m1/s1. The summed E-state index contributed by atoms with van der Waals surface area (Å²) in [5, 5.41) is 3.02. The second kappa shape index (κ2) is 7.96. The zero-order valence-electron chi connectivity index (χ0n) is 14.2. The minimum absolute atomic E-state index is 0.230. The predicted octanol–water partition coefficient (Wildman–Crippen LogP) is 3.01. The van der Waals surface area contributed by atoms with Crippen molar-refractivity contribution in [2.75, 3.05) is 0 Å². The van der Waals surface area contributed by atoms with Crippen LogP contribution in [0.3, 0.4) is 0 Å². The third-order valence-electron chi connectivity index (χ3n) is 3.44. The Morgan fingerprint density at radius 3 is 2.88 bits per heavy atom. The van der Waals surface area contributed by atoms with Crippen LogP contribution in [0, 0.1) is 0 Å². The maximum absolute atomic E-state index is 12.6. The third-order valence-corrected chi connectivity index (χ3v) is 4.95. The molecular formula is C17H17BrN4O3S. The number of benzene rings is 1. The van der Waals surface area contributed by atoms with Gasteiger partial charge in [-0.25, -0.2) is 14.8 Å². The molecule has 26 heavy (non-hydrogen) atoms. The van der Waals surface area contributed by atoms with Crippen LogP contribution < -0.4 is 5.32 Å². The van der Waals surface area contributed by atoms with Crippen molar-refractivity contribution >= 4 is 49.4 Å². The maximum atomic E-state index is 12.6. The van der Waals surface area contributed by atoms with Crippen LogP contribution in [-0.2, 0) is 16.1 Å². The van der Waals surface area contributed by atoms with Gasteiger partial charge in [0.1, 0.15) is 6.04 Å². The lowest BCUT2D eigenvalue weighted by atomic mass is 10.2. The van der Waals surface area contributed by atoms with Crippen LogP contribution >= 0.6 is 27.3 Å². The first-order valence-electron chi connectivity index (χ1n) is 7.95. The Kier molecular flexibility index (Phi) is 5.67. The summed E-state index contributed by atoms with van der Waals surface area (Å²) in [7, 11) is 0. The molecule has 0 aliphatic carbocycles. The van der Waals surface area contributed by atoms with Gasteiger partial charge in [-0.2, -0.15) is 0 Å². The number of nitrogens with one attached hydrogen (secondary N) is 1. The van der Waals surface area contributed by atoms with Gasteiger partial charge in [-0.1, -0.05) is 15.9 Å². The van der Waals surface area contributed by atoms with Crippen molar-refractivity contribution in [1.29, 1.82) is 0 Å². The molecule has 3 aromatic rings. The molecule has 136 valence electrons. The van der Waals surface area contributed by atoms with E-state index in [1.165, 1.54) is 11.3 Å². The monoisotopic (exact) mass is 436 g/mol. The Labute approximate surface area is 162 Å². The molecule has 0 unspecified atom stereocenters. The summed E-state index contributed by atoms with van der Waals surface area (Å²) in [6.07, 6.45) is 4.64. The van der Waals surface area contributed by atoms with Crippen LogP contribution in [0.25, 0.3) is 10.2 Å². The van der Waals surface area contributed by atoms with Crippen LogP contribution in [0.5, 0.6) is 0 Å². The van der Waals surface area contributed by atoms with Gasteiger partial charge in [-0.05, 0) is 32.0 Å². The van der Waals surface area contributed by atoms with E-state index in [4.69, 9.17) is 4.74 Å². The number of rotatable bonds is 6. The number of fused-ring (bicyclic) bond motifs is 1. The van der Waals surface area contributed by atoms with E-state index in [0.717, 1.165) is 14.7 Å². The molecule has 1 aromatic carbocycles. The second-order valence-electron chi connectivity index (χ2n) is 5.90. The fourth-order valence-corrected chi connectivity index (χ4v) is 3.74. The highest BCUT2D eigenvalue weighted by atomic mass is 79.9. The molecule has 0 saturated heterocycles. The van der Waals surface area contributed by atoms with Crippen LogP contribution in [0.4, 0.5) is 0 Å². The minimum atomic E-state index is -0.835. The lowest BCUT2D eigenvalue weighted by Crippen LogP contribution is -2.45. The van der Waals surface area contributed by atoms with Gasteiger partial charge in [0.15, 0.2) is 5.01 Å². The average molecular weight is 437 g/mol. The summed E-state index contributed by atoms with van der Waals surface area (Å²) < 4.78 is 8.78. The number of aromatic nitrogens is 3.